The van der Waals surface area contributed by atoms with E-state index in [2.05, 4.69) is 20.5 Å². The predicted molar refractivity (Wildman–Crippen MR) is 220 cm³/mol. The van der Waals surface area contributed by atoms with Crippen LogP contribution in [0.25, 0.3) is 32.7 Å². The van der Waals surface area contributed by atoms with Crippen molar-refractivity contribution in [2.24, 2.45) is 20.5 Å². The van der Waals surface area contributed by atoms with Crippen molar-refractivity contribution in [2.75, 3.05) is 25.7 Å². The first-order valence-electron chi connectivity index (χ1n) is 15.5. The molecule has 0 bridgehead atoms. The van der Waals surface area contributed by atoms with E-state index in [9.17, 15) is 49.1 Å². The van der Waals surface area contributed by atoms with E-state index in [1.54, 1.807) is 18.2 Å². The van der Waals surface area contributed by atoms with Crippen LogP contribution in [-0.4, -0.2) is 152 Å². The molecule has 25 heteroatoms. The number of hydrogen-bond acceptors (Lipinski definition) is 16. The molecule has 0 spiro atoms. The Hall–Kier alpha value is -3.43. The number of fused-ring (bicyclic) bond motifs is 2. The SMILES string of the molecule is COc1cc(-c2ccc(N=Nc3c(S(=O)(=O)O)cc4cc(S(=O)(=O)O)cc(N)c4c3O)c(OC)c2)ccc1N=Nc1c(S(=O)(=O)O)cc2cc(N)ccc2c1O.[Na].[Na].[Na]. The first-order chi connectivity index (χ1) is 26.2. The van der Waals surface area contributed by atoms with E-state index in [1.165, 1.54) is 50.6 Å². The molecule has 0 saturated heterocycles. The van der Waals surface area contributed by atoms with Gasteiger partial charge in [0.2, 0.25) is 0 Å². The second kappa shape index (κ2) is 19.1. The van der Waals surface area contributed by atoms with Crippen molar-refractivity contribution in [1.29, 1.82) is 0 Å². The molecule has 0 heterocycles. The Balaban J connectivity index is 0.00000310. The summed E-state index contributed by atoms with van der Waals surface area (Å²) in [5.41, 5.74) is 11.6. The number of hydrogen-bond donors (Lipinski definition) is 7. The van der Waals surface area contributed by atoms with Crippen molar-refractivity contribution in [3.05, 3.63) is 78.9 Å². The largest absolute Gasteiger partial charge is 0.505 e. The number of anilines is 2. The van der Waals surface area contributed by atoms with Gasteiger partial charge in [0.1, 0.15) is 44.0 Å². The van der Waals surface area contributed by atoms with E-state index in [0.717, 1.165) is 24.3 Å². The third kappa shape index (κ3) is 10.5. The Morgan fingerprint density at radius 1 is 0.542 bits per heavy atom. The van der Waals surface area contributed by atoms with Crippen LogP contribution in [0.3, 0.4) is 0 Å². The third-order valence-corrected chi connectivity index (χ3v) is 10.9. The van der Waals surface area contributed by atoms with E-state index in [1.807, 2.05) is 0 Å². The number of nitrogen functional groups attached to an aromatic ring is 2. The Morgan fingerprint density at radius 2 is 1.02 bits per heavy atom. The fourth-order valence-corrected chi connectivity index (χ4v) is 7.55. The quantitative estimate of drug-likeness (QED) is 0.0376. The zero-order valence-electron chi connectivity index (χ0n) is 31.7. The van der Waals surface area contributed by atoms with Gasteiger partial charge in [0.25, 0.3) is 30.4 Å². The number of phenols is 2. The van der Waals surface area contributed by atoms with Crippen LogP contribution in [-0.2, 0) is 30.4 Å². The number of ether oxygens (including phenoxy) is 2. The summed E-state index contributed by atoms with van der Waals surface area (Å²) in [6.07, 6.45) is 0. The van der Waals surface area contributed by atoms with Crippen molar-refractivity contribution >= 4 is 175 Å². The smallest absolute Gasteiger partial charge is 0.296 e. The van der Waals surface area contributed by atoms with E-state index < -0.39 is 67.9 Å². The molecule has 0 aliphatic carbocycles. The van der Waals surface area contributed by atoms with Gasteiger partial charge >= 0.3 is 0 Å². The Bertz CT molecular complexity index is 3050. The summed E-state index contributed by atoms with van der Waals surface area (Å²) in [6, 6.07) is 17.1. The molecule has 6 rings (SSSR count). The summed E-state index contributed by atoms with van der Waals surface area (Å²) in [7, 11) is -12.1. The summed E-state index contributed by atoms with van der Waals surface area (Å²) < 4.78 is 113. The molecule has 0 aliphatic heterocycles. The van der Waals surface area contributed by atoms with E-state index in [4.69, 9.17) is 20.9 Å². The molecule has 0 amide bonds. The molecule has 3 radical (unpaired) electrons. The first-order valence-corrected chi connectivity index (χ1v) is 19.8. The summed E-state index contributed by atoms with van der Waals surface area (Å²) >= 11 is 0. The van der Waals surface area contributed by atoms with Crippen LogP contribution in [0.5, 0.6) is 23.0 Å². The van der Waals surface area contributed by atoms with E-state index in [0.29, 0.717) is 16.8 Å². The van der Waals surface area contributed by atoms with Crippen LogP contribution in [0.4, 0.5) is 34.1 Å². The van der Waals surface area contributed by atoms with Crippen LogP contribution >= 0.6 is 0 Å². The molecule has 0 atom stereocenters. The van der Waals surface area contributed by atoms with Crippen LogP contribution in [0, 0.1) is 0 Å². The number of azo groups is 2. The Kier molecular flexibility index (Phi) is 16.2. The minimum absolute atomic E-state index is 0. The molecule has 6 aromatic rings. The molecule has 6 aromatic carbocycles. The van der Waals surface area contributed by atoms with Gasteiger partial charge in [0.15, 0.2) is 11.5 Å². The van der Waals surface area contributed by atoms with Gasteiger partial charge < -0.3 is 31.2 Å². The van der Waals surface area contributed by atoms with E-state index >= 15 is 0 Å². The van der Waals surface area contributed by atoms with Gasteiger partial charge in [-0.3, -0.25) is 13.7 Å². The monoisotopic (exact) mass is 893 g/mol. The van der Waals surface area contributed by atoms with Crippen molar-refractivity contribution in [1.82, 2.24) is 0 Å². The molecule has 9 N–H and O–H groups in total. The third-order valence-electron chi connectivity index (χ3n) is 8.29. The van der Waals surface area contributed by atoms with Gasteiger partial charge in [-0.25, -0.2) is 0 Å². The maximum absolute atomic E-state index is 12.3. The number of benzene rings is 6. The van der Waals surface area contributed by atoms with Gasteiger partial charge in [0.05, 0.1) is 19.1 Å². The zero-order valence-corrected chi connectivity index (χ0v) is 40.1. The zero-order chi connectivity index (χ0) is 40.9. The molecule has 0 aliphatic rings. The van der Waals surface area contributed by atoms with Crippen LogP contribution in [0.2, 0.25) is 0 Å². The standard InChI is InChI=1S/C34H28N6O13S3.3Na/c1-52-26-11-16(3-7-24(26)37-39-31-28(55(46,47)48)13-18-9-20(35)5-6-22(18)33(31)41)17-4-8-25(27(12-17)53-2)38-40-32-29(56(49,50)51)14-19-10-21(54(43,44)45)15-23(36)30(19)34(32)42;;;/h3-15,41-42H,35-36H2,1-2H3,(H,43,44,45)(H,46,47,48)(H,49,50,51);;;. The molecule has 0 fully saturated rings. The van der Waals surface area contributed by atoms with Crippen molar-refractivity contribution < 1.29 is 58.6 Å². The molecule has 0 saturated carbocycles. The molecular weight excluding hydrogens is 866 g/mol. The Labute approximate surface area is 402 Å². The first kappa shape index (κ1) is 49.9. The van der Waals surface area contributed by atoms with E-state index in [-0.39, 0.29) is 139 Å². The summed E-state index contributed by atoms with van der Waals surface area (Å²) in [6.45, 7) is 0. The number of rotatable bonds is 10. The van der Waals surface area contributed by atoms with Crippen molar-refractivity contribution in [3.8, 4) is 34.1 Å². The number of aromatic hydroxyl groups is 2. The number of nitrogens with zero attached hydrogens (tertiary/aromatic N) is 4. The summed E-state index contributed by atoms with van der Waals surface area (Å²) in [5, 5.41) is 37.8. The normalized spacial score (nSPS) is 11.9. The molecular formula is C34H28N6Na3O13S3. The van der Waals surface area contributed by atoms with Gasteiger partial charge in [0, 0.05) is 111 Å². The average Bonchev–Trinajstić information content (AvgIpc) is 3.12. The predicted octanol–water partition coefficient (Wildman–Crippen LogP) is 5.68. The maximum Gasteiger partial charge on any atom is 0.296 e. The Morgan fingerprint density at radius 3 is 1.47 bits per heavy atom. The number of phenolic OH excluding ortho intramolecular Hbond substituents is 2. The molecule has 59 heavy (non-hydrogen) atoms. The fourth-order valence-electron chi connectivity index (χ4n) is 5.68. The van der Waals surface area contributed by atoms with Crippen molar-refractivity contribution in [3.63, 3.8) is 0 Å². The number of nitrogens with two attached hydrogens (primary N) is 2. The van der Waals surface area contributed by atoms with Gasteiger partial charge in [-0.2, -0.15) is 25.3 Å². The minimum Gasteiger partial charge on any atom is -0.505 e. The number of methoxy groups -OCH3 is 2. The van der Waals surface area contributed by atoms with Crippen LogP contribution < -0.4 is 20.9 Å². The molecule has 0 aromatic heterocycles. The minimum atomic E-state index is -5.10. The second-order valence-electron chi connectivity index (χ2n) is 11.8. The molecule has 293 valence electrons. The molecule has 19 nitrogen and oxygen atoms in total. The topological polar surface area (TPSA) is 324 Å². The van der Waals surface area contributed by atoms with Gasteiger partial charge in [-0.15, -0.1) is 20.5 Å². The second-order valence-corrected chi connectivity index (χ2v) is 16.0. The van der Waals surface area contributed by atoms with Crippen molar-refractivity contribution in [2.45, 2.75) is 14.7 Å². The maximum atomic E-state index is 12.3. The fraction of sp³-hybridized carbons (Fsp3) is 0.0588. The van der Waals surface area contributed by atoms with Crippen LogP contribution in [0.1, 0.15) is 0 Å². The molecule has 0 unspecified atom stereocenters. The summed E-state index contributed by atoms with van der Waals surface area (Å²) in [4.78, 5) is -2.35. The average molecular weight is 894 g/mol. The van der Waals surface area contributed by atoms with Gasteiger partial charge in [-0.1, -0.05) is 12.1 Å². The summed E-state index contributed by atoms with van der Waals surface area (Å²) in [5.74, 6) is -1.18. The van der Waals surface area contributed by atoms with Crippen LogP contribution in [0.15, 0.2) is 114 Å². The van der Waals surface area contributed by atoms with Gasteiger partial charge in [-0.05, 0) is 88.6 Å².